The Kier molecular flexibility index (Phi) is 4.68. The maximum absolute atomic E-state index is 10.6. The smallest absolute Gasteiger partial charge is 0.481 e. The second kappa shape index (κ2) is 6.04. The van der Waals surface area contributed by atoms with Gasteiger partial charge < -0.3 is 15.2 Å². The highest BCUT2D eigenvalue weighted by molar-refractivity contribution is 5.83. The highest BCUT2D eigenvalue weighted by Crippen LogP contribution is 2.14. The molecule has 0 unspecified atom stereocenters. The number of H-pyrrole nitrogens is 1. The number of carboxylic acids is 2. The molecule has 0 radical (unpaired) electrons. The van der Waals surface area contributed by atoms with Gasteiger partial charge in [-0.05, 0) is 11.6 Å². The lowest BCUT2D eigenvalue weighted by molar-refractivity contribution is -0.192. The van der Waals surface area contributed by atoms with Crippen LogP contribution in [0.15, 0.2) is 24.5 Å². The summed E-state index contributed by atoms with van der Waals surface area (Å²) in [5, 5.41) is 15.8. The number of aromatic amines is 1. The first-order valence-electron chi connectivity index (χ1n) is 5.14. The van der Waals surface area contributed by atoms with Crippen molar-refractivity contribution in [1.82, 2.24) is 9.97 Å². The largest absolute Gasteiger partial charge is 0.490 e. The lowest BCUT2D eigenvalue weighted by Crippen LogP contribution is -2.21. The van der Waals surface area contributed by atoms with Gasteiger partial charge >= 0.3 is 18.1 Å². The number of rotatable bonds is 2. The molecule has 0 spiro atoms. The van der Waals surface area contributed by atoms with E-state index in [9.17, 15) is 18.0 Å². The zero-order valence-corrected chi connectivity index (χ0v) is 9.81. The van der Waals surface area contributed by atoms with Crippen LogP contribution in [0.3, 0.4) is 0 Å². The van der Waals surface area contributed by atoms with Gasteiger partial charge in [-0.1, -0.05) is 12.1 Å². The predicted octanol–water partition coefficient (Wildman–Crippen LogP) is 1.82. The third-order valence-electron chi connectivity index (χ3n) is 2.13. The van der Waals surface area contributed by atoms with Gasteiger partial charge in [-0.3, -0.25) is 4.79 Å². The average Bonchev–Trinajstić information content (AvgIpc) is 2.77. The van der Waals surface area contributed by atoms with Gasteiger partial charge in [0.1, 0.15) is 0 Å². The second-order valence-electron chi connectivity index (χ2n) is 3.59. The van der Waals surface area contributed by atoms with Crippen LogP contribution in [-0.4, -0.2) is 38.3 Å². The first-order valence-corrected chi connectivity index (χ1v) is 5.14. The monoisotopic (exact) mass is 290 g/mol. The highest BCUT2D eigenvalue weighted by Gasteiger charge is 2.38. The average molecular weight is 290 g/mol. The number of aliphatic carboxylic acids is 2. The number of halogens is 3. The summed E-state index contributed by atoms with van der Waals surface area (Å²) in [6.07, 6.45) is -3.49. The maximum Gasteiger partial charge on any atom is 0.490 e. The number of carbonyl (C=O) groups is 2. The van der Waals surface area contributed by atoms with E-state index in [2.05, 4.69) is 9.97 Å². The minimum Gasteiger partial charge on any atom is -0.481 e. The molecule has 0 atom stereocenters. The van der Waals surface area contributed by atoms with E-state index in [1.165, 1.54) is 0 Å². The fraction of sp³-hybridized carbons (Fsp3) is 0.182. The van der Waals surface area contributed by atoms with E-state index in [0.29, 0.717) is 0 Å². The molecular weight excluding hydrogens is 281 g/mol. The molecule has 0 fully saturated rings. The maximum atomic E-state index is 10.6. The summed E-state index contributed by atoms with van der Waals surface area (Å²) in [7, 11) is 0. The molecular formula is C11H9F3N2O4. The number of benzene rings is 1. The van der Waals surface area contributed by atoms with Gasteiger partial charge in [-0.25, -0.2) is 9.78 Å². The Labute approximate surface area is 109 Å². The summed E-state index contributed by atoms with van der Waals surface area (Å²) in [5.41, 5.74) is 2.38. The van der Waals surface area contributed by atoms with E-state index in [4.69, 9.17) is 15.0 Å². The number of nitrogens with zero attached hydrogens (tertiary/aromatic N) is 1. The molecule has 9 heteroatoms. The fourth-order valence-electron chi connectivity index (χ4n) is 1.34. The molecule has 1 aromatic heterocycles. The lowest BCUT2D eigenvalue weighted by atomic mass is 10.1. The number of imidazole rings is 1. The van der Waals surface area contributed by atoms with E-state index in [1.54, 1.807) is 18.5 Å². The van der Waals surface area contributed by atoms with E-state index >= 15 is 0 Å². The lowest BCUT2D eigenvalue weighted by Gasteiger charge is -1.97. The van der Waals surface area contributed by atoms with Crippen LogP contribution < -0.4 is 0 Å². The van der Waals surface area contributed by atoms with E-state index in [0.717, 1.165) is 16.6 Å². The molecule has 2 aromatic rings. The molecule has 0 aliphatic rings. The Hall–Kier alpha value is -2.58. The van der Waals surface area contributed by atoms with Crippen molar-refractivity contribution in [2.45, 2.75) is 12.6 Å². The summed E-state index contributed by atoms with van der Waals surface area (Å²) in [4.78, 5) is 26.4. The fourth-order valence-corrected chi connectivity index (χ4v) is 1.34. The highest BCUT2D eigenvalue weighted by atomic mass is 19.4. The van der Waals surface area contributed by atoms with Crippen LogP contribution in [0.2, 0.25) is 0 Å². The third-order valence-corrected chi connectivity index (χ3v) is 2.13. The van der Waals surface area contributed by atoms with Crippen LogP contribution in [0.4, 0.5) is 13.2 Å². The van der Waals surface area contributed by atoms with Crippen LogP contribution in [0.5, 0.6) is 0 Å². The molecule has 0 saturated heterocycles. The van der Waals surface area contributed by atoms with E-state index in [1.807, 2.05) is 6.07 Å². The third kappa shape index (κ3) is 4.26. The summed E-state index contributed by atoms with van der Waals surface area (Å²) < 4.78 is 31.7. The molecule has 0 aliphatic heterocycles. The Morgan fingerprint density at radius 3 is 2.35 bits per heavy atom. The number of hydrogen-bond donors (Lipinski definition) is 3. The van der Waals surface area contributed by atoms with Gasteiger partial charge in [0.25, 0.3) is 0 Å². The van der Waals surface area contributed by atoms with Crippen molar-refractivity contribution < 1.29 is 33.0 Å². The van der Waals surface area contributed by atoms with E-state index in [-0.39, 0.29) is 6.42 Å². The first-order chi connectivity index (χ1) is 9.21. The Bertz CT molecular complexity index is 621. The van der Waals surface area contributed by atoms with Crippen LogP contribution in [0, 0.1) is 0 Å². The molecule has 2 rings (SSSR count). The SMILES string of the molecule is O=C(O)C(F)(F)F.O=C(O)Cc1cccc2nc[nH]c12. The van der Waals surface area contributed by atoms with Crippen LogP contribution in [0.25, 0.3) is 11.0 Å². The molecule has 1 aromatic carbocycles. The molecule has 0 bridgehead atoms. The molecule has 1 heterocycles. The number of nitrogens with one attached hydrogen (secondary N) is 1. The molecule has 0 amide bonds. The molecule has 20 heavy (non-hydrogen) atoms. The van der Waals surface area contributed by atoms with Crippen molar-refractivity contribution in [3.05, 3.63) is 30.1 Å². The second-order valence-corrected chi connectivity index (χ2v) is 3.59. The number of fused-ring (bicyclic) bond motifs is 1. The molecule has 0 saturated carbocycles. The number of para-hydroxylation sites is 1. The van der Waals surface area contributed by atoms with Gasteiger partial charge in [0.2, 0.25) is 0 Å². The summed E-state index contributed by atoms with van der Waals surface area (Å²) in [6, 6.07) is 5.44. The van der Waals surface area contributed by atoms with Gasteiger partial charge in [0.05, 0.1) is 23.8 Å². The topological polar surface area (TPSA) is 103 Å². The summed E-state index contributed by atoms with van der Waals surface area (Å²) >= 11 is 0. The molecule has 6 nitrogen and oxygen atoms in total. The quantitative estimate of drug-likeness (QED) is 0.782. The number of carboxylic acid groups (broad SMARTS) is 2. The van der Waals surface area contributed by atoms with E-state index < -0.39 is 18.1 Å². The number of hydrogen-bond acceptors (Lipinski definition) is 3. The van der Waals surface area contributed by atoms with Crippen molar-refractivity contribution in [3.8, 4) is 0 Å². The number of aromatic nitrogens is 2. The van der Waals surface area contributed by atoms with Gasteiger partial charge in [-0.15, -0.1) is 0 Å². The Morgan fingerprint density at radius 2 is 1.85 bits per heavy atom. The minimum atomic E-state index is -5.08. The van der Waals surface area contributed by atoms with Crippen molar-refractivity contribution in [3.63, 3.8) is 0 Å². The molecule has 108 valence electrons. The van der Waals surface area contributed by atoms with Crippen molar-refractivity contribution in [2.75, 3.05) is 0 Å². The number of alkyl halides is 3. The van der Waals surface area contributed by atoms with Crippen LogP contribution in [-0.2, 0) is 16.0 Å². The van der Waals surface area contributed by atoms with Crippen LogP contribution in [0.1, 0.15) is 5.56 Å². The van der Waals surface area contributed by atoms with Crippen LogP contribution >= 0.6 is 0 Å². The molecule has 3 N–H and O–H groups in total. The predicted molar refractivity (Wildman–Crippen MR) is 61.1 cm³/mol. The first kappa shape index (κ1) is 15.5. The summed E-state index contributed by atoms with van der Waals surface area (Å²) in [6.45, 7) is 0. The Morgan fingerprint density at radius 1 is 1.25 bits per heavy atom. The summed E-state index contributed by atoms with van der Waals surface area (Å²) in [5.74, 6) is -3.59. The zero-order chi connectivity index (χ0) is 15.3. The van der Waals surface area contributed by atoms with Gasteiger partial charge in [0, 0.05) is 0 Å². The van der Waals surface area contributed by atoms with Crippen molar-refractivity contribution in [2.24, 2.45) is 0 Å². The van der Waals surface area contributed by atoms with Crippen molar-refractivity contribution >= 4 is 23.0 Å². The van der Waals surface area contributed by atoms with Crippen molar-refractivity contribution in [1.29, 1.82) is 0 Å². The van der Waals surface area contributed by atoms with Gasteiger partial charge in [0.15, 0.2) is 0 Å². The van der Waals surface area contributed by atoms with Gasteiger partial charge in [-0.2, -0.15) is 13.2 Å². The molecule has 0 aliphatic carbocycles. The Balaban J connectivity index is 0.000000246. The zero-order valence-electron chi connectivity index (χ0n) is 9.81. The standard InChI is InChI=1S/C9H8N2O2.C2HF3O2/c12-8(13)4-6-2-1-3-7-9(6)11-5-10-7;3-2(4,5)1(6)7/h1-3,5H,4H2,(H,10,11)(H,12,13);(H,6,7). The minimum absolute atomic E-state index is 0.0273. The normalized spacial score (nSPS) is 10.8.